The van der Waals surface area contributed by atoms with Gasteiger partial charge in [-0.3, -0.25) is 0 Å². The lowest BCUT2D eigenvalue weighted by molar-refractivity contribution is 0.0552. The van der Waals surface area contributed by atoms with Crippen LogP contribution in [0.5, 0.6) is 0 Å². The number of rotatable bonds is 2. The van der Waals surface area contributed by atoms with E-state index in [0.29, 0.717) is 12.5 Å². The summed E-state index contributed by atoms with van der Waals surface area (Å²) in [7, 11) is 0. The van der Waals surface area contributed by atoms with Gasteiger partial charge in [-0.05, 0) is 6.92 Å². The van der Waals surface area contributed by atoms with E-state index in [1.807, 2.05) is 19.1 Å². The van der Waals surface area contributed by atoms with E-state index in [2.05, 4.69) is 27.2 Å². The second-order valence-electron chi connectivity index (χ2n) is 4.75. The molecule has 1 aromatic heterocycles. The number of hydrogen-bond donors (Lipinski definition) is 0. The second-order valence-corrected chi connectivity index (χ2v) is 5.06. The molecule has 0 radical (unpaired) electrons. The fourth-order valence-electron chi connectivity index (χ4n) is 2.46. The molecule has 100 valence electrons. The number of ether oxygens (including phenoxy) is 1. The third kappa shape index (κ3) is 2.38. The molecule has 1 aliphatic rings. The highest BCUT2D eigenvalue weighted by Crippen LogP contribution is 2.26. The SMILES string of the molecule is Cc1nnc(N2CCOC(CCl)C2)c2ccccc12. The average Bonchev–Trinajstić information content (AvgIpc) is 2.48. The lowest BCUT2D eigenvalue weighted by Gasteiger charge is -2.33. The largest absolute Gasteiger partial charge is 0.373 e. The Labute approximate surface area is 117 Å². The maximum atomic E-state index is 5.89. The van der Waals surface area contributed by atoms with Crippen molar-refractivity contribution in [1.82, 2.24) is 10.2 Å². The number of fused-ring (bicyclic) bond motifs is 1. The molecule has 2 heterocycles. The smallest absolute Gasteiger partial charge is 0.159 e. The molecule has 1 atom stereocenters. The molecule has 0 N–H and O–H groups in total. The van der Waals surface area contributed by atoms with Gasteiger partial charge in [-0.25, -0.2) is 0 Å². The first-order chi connectivity index (χ1) is 9.29. The molecule has 1 saturated heterocycles. The Balaban J connectivity index is 2.03. The van der Waals surface area contributed by atoms with E-state index in [0.717, 1.165) is 35.4 Å². The van der Waals surface area contributed by atoms with Crippen LogP contribution in [-0.2, 0) is 4.74 Å². The molecule has 1 unspecified atom stereocenters. The molecule has 4 nitrogen and oxygen atoms in total. The van der Waals surface area contributed by atoms with Crippen LogP contribution >= 0.6 is 11.6 Å². The molecule has 19 heavy (non-hydrogen) atoms. The van der Waals surface area contributed by atoms with E-state index in [9.17, 15) is 0 Å². The van der Waals surface area contributed by atoms with Gasteiger partial charge in [0.25, 0.3) is 0 Å². The van der Waals surface area contributed by atoms with Crippen LogP contribution < -0.4 is 4.90 Å². The Morgan fingerprint density at radius 3 is 2.89 bits per heavy atom. The van der Waals surface area contributed by atoms with Gasteiger partial charge in [0, 0.05) is 23.9 Å². The minimum atomic E-state index is 0.0669. The van der Waals surface area contributed by atoms with Crippen LogP contribution in [-0.4, -0.2) is 41.9 Å². The highest BCUT2D eigenvalue weighted by atomic mass is 35.5. The lowest BCUT2D eigenvalue weighted by atomic mass is 10.1. The fraction of sp³-hybridized carbons (Fsp3) is 0.429. The molecule has 0 bridgehead atoms. The molecule has 0 spiro atoms. The van der Waals surface area contributed by atoms with Crippen LogP contribution in [0.2, 0.25) is 0 Å². The van der Waals surface area contributed by atoms with E-state index >= 15 is 0 Å². The molecule has 1 aliphatic heterocycles. The zero-order valence-corrected chi connectivity index (χ0v) is 11.6. The molecule has 3 rings (SSSR count). The fourth-order valence-corrected chi connectivity index (χ4v) is 2.65. The van der Waals surface area contributed by atoms with Crippen molar-refractivity contribution in [2.75, 3.05) is 30.5 Å². The van der Waals surface area contributed by atoms with E-state index in [-0.39, 0.29) is 6.10 Å². The molecule has 5 heteroatoms. The summed E-state index contributed by atoms with van der Waals surface area (Å²) in [5, 5.41) is 10.9. The van der Waals surface area contributed by atoms with Crippen LogP contribution in [0.3, 0.4) is 0 Å². The first kappa shape index (κ1) is 12.6. The Morgan fingerprint density at radius 2 is 2.11 bits per heavy atom. The third-order valence-electron chi connectivity index (χ3n) is 3.46. The highest BCUT2D eigenvalue weighted by Gasteiger charge is 2.22. The Morgan fingerprint density at radius 1 is 1.32 bits per heavy atom. The van der Waals surface area contributed by atoms with Crippen molar-refractivity contribution < 1.29 is 4.74 Å². The van der Waals surface area contributed by atoms with Crippen molar-refractivity contribution in [2.24, 2.45) is 0 Å². The van der Waals surface area contributed by atoms with Crippen LogP contribution in [0.1, 0.15) is 5.69 Å². The molecule has 0 aliphatic carbocycles. The molecule has 0 saturated carbocycles. The van der Waals surface area contributed by atoms with Gasteiger partial charge >= 0.3 is 0 Å². The third-order valence-corrected chi connectivity index (χ3v) is 3.81. The predicted octanol–water partition coefficient (Wildman–Crippen LogP) is 2.38. The van der Waals surface area contributed by atoms with Crippen molar-refractivity contribution >= 4 is 28.2 Å². The molecule has 1 aromatic carbocycles. The Hall–Kier alpha value is -1.39. The number of morpholine rings is 1. The maximum absolute atomic E-state index is 5.89. The number of anilines is 1. The first-order valence-electron chi connectivity index (χ1n) is 6.44. The first-order valence-corrected chi connectivity index (χ1v) is 6.97. The standard InChI is InChI=1S/C14H16ClN3O/c1-10-12-4-2-3-5-13(12)14(17-16-10)18-6-7-19-11(8-15)9-18/h2-5,11H,6-9H2,1H3. The lowest BCUT2D eigenvalue weighted by Crippen LogP contribution is -2.43. The zero-order chi connectivity index (χ0) is 13.2. The van der Waals surface area contributed by atoms with Gasteiger partial charge in [-0.15, -0.1) is 16.7 Å². The minimum Gasteiger partial charge on any atom is -0.373 e. The van der Waals surface area contributed by atoms with E-state index in [1.165, 1.54) is 0 Å². The number of aryl methyl sites for hydroxylation is 1. The normalized spacial score (nSPS) is 19.9. The number of hydrogen-bond acceptors (Lipinski definition) is 4. The van der Waals surface area contributed by atoms with Crippen LogP contribution in [0.25, 0.3) is 10.8 Å². The zero-order valence-electron chi connectivity index (χ0n) is 10.8. The van der Waals surface area contributed by atoms with Crippen molar-refractivity contribution in [3.8, 4) is 0 Å². The number of alkyl halides is 1. The van der Waals surface area contributed by atoms with Gasteiger partial charge in [0.15, 0.2) is 5.82 Å². The summed E-state index contributed by atoms with van der Waals surface area (Å²) in [6.07, 6.45) is 0.0669. The van der Waals surface area contributed by atoms with Crippen molar-refractivity contribution in [3.05, 3.63) is 30.0 Å². The molecule has 1 fully saturated rings. The van der Waals surface area contributed by atoms with Gasteiger partial charge in [0.05, 0.1) is 24.3 Å². The molecular weight excluding hydrogens is 262 g/mol. The average molecular weight is 278 g/mol. The monoisotopic (exact) mass is 277 g/mol. The van der Waals surface area contributed by atoms with Gasteiger partial charge < -0.3 is 9.64 Å². The van der Waals surface area contributed by atoms with Gasteiger partial charge in [-0.1, -0.05) is 24.3 Å². The number of nitrogens with zero attached hydrogens (tertiary/aromatic N) is 3. The summed E-state index contributed by atoms with van der Waals surface area (Å²) >= 11 is 5.89. The van der Waals surface area contributed by atoms with Gasteiger partial charge in [0.2, 0.25) is 0 Å². The molecular formula is C14H16ClN3O. The number of halogens is 1. The summed E-state index contributed by atoms with van der Waals surface area (Å²) < 4.78 is 5.59. The summed E-state index contributed by atoms with van der Waals surface area (Å²) in [4.78, 5) is 2.21. The van der Waals surface area contributed by atoms with Gasteiger partial charge in [0.1, 0.15) is 0 Å². The maximum Gasteiger partial charge on any atom is 0.159 e. The van der Waals surface area contributed by atoms with Crippen molar-refractivity contribution in [1.29, 1.82) is 0 Å². The van der Waals surface area contributed by atoms with Crippen LogP contribution in [0, 0.1) is 6.92 Å². The highest BCUT2D eigenvalue weighted by molar-refractivity contribution is 6.18. The van der Waals surface area contributed by atoms with Gasteiger partial charge in [-0.2, -0.15) is 5.10 Å². The number of aromatic nitrogens is 2. The second kappa shape index (κ2) is 5.31. The predicted molar refractivity (Wildman–Crippen MR) is 76.9 cm³/mol. The molecule has 0 amide bonds. The van der Waals surface area contributed by atoms with E-state index in [4.69, 9.17) is 16.3 Å². The summed E-state index contributed by atoms with van der Waals surface area (Å²) in [5.41, 5.74) is 0.960. The van der Waals surface area contributed by atoms with Crippen LogP contribution in [0.15, 0.2) is 24.3 Å². The minimum absolute atomic E-state index is 0.0669. The van der Waals surface area contributed by atoms with E-state index < -0.39 is 0 Å². The van der Waals surface area contributed by atoms with Crippen molar-refractivity contribution in [3.63, 3.8) is 0 Å². The Bertz CT molecular complexity index is 590. The number of benzene rings is 1. The molecule has 2 aromatic rings. The van der Waals surface area contributed by atoms with Crippen molar-refractivity contribution in [2.45, 2.75) is 13.0 Å². The van der Waals surface area contributed by atoms with Crippen LogP contribution in [0.4, 0.5) is 5.82 Å². The summed E-state index contributed by atoms with van der Waals surface area (Å²) in [6.45, 7) is 4.27. The Kier molecular flexibility index (Phi) is 3.53. The topological polar surface area (TPSA) is 38.2 Å². The van der Waals surface area contributed by atoms with E-state index in [1.54, 1.807) is 0 Å². The summed E-state index contributed by atoms with van der Waals surface area (Å²) in [5.74, 6) is 1.44. The quantitative estimate of drug-likeness (QED) is 0.790. The summed E-state index contributed by atoms with van der Waals surface area (Å²) in [6, 6.07) is 8.24.